The molecule has 0 aliphatic carbocycles. The van der Waals surface area contributed by atoms with Gasteiger partial charge in [0.25, 0.3) is 5.56 Å². The molecule has 1 aromatic heterocycles. The van der Waals surface area contributed by atoms with E-state index in [9.17, 15) is 23.2 Å². The highest BCUT2D eigenvalue weighted by Crippen LogP contribution is 2.24. The van der Waals surface area contributed by atoms with Crippen molar-refractivity contribution in [1.82, 2.24) is 20.0 Å². The third-order valence-electron chi connectivity index (χ3n) is 6.99. The van der Waals surface area contributed by atoms with E-state index in [0.29, 0.717) is 49.9 Å². The largest absolute Gasteiger partial charge is 0.383 e. The number of likely N-dealkylation sites (tertiary alicyclic amines) is 1. The van der Waals surface area contributed by atoms with E-state index in [1.165, 1.54) is 0 Å². The number of nitrogens with one attached hydrogen (secondary N) is 1. The first kappa shape index (κ1) is 32.3. The van der Waals surface area contributed by atoms with Crippen molar-refractivity contribution in [2.75, 3.05) is 39.9 Å². The number of hydrogen-bond acceptors (Lipinski definition) is 6. The number of Topliss-reactive ketones (excluding diaryl/α,β-unsaturated/α-hetero) is 1. The molecule has 1 amide bonds. The number of carbonyl (C=O) groups is 2. The number of methoxy groups -OCH3 is 1. The van der Waals surface area contributed by atoms with E-state index in [-0.39, 0.29) is 17.5 Å². The molecule has 11 heteroatoms. The second-order valence-electron chi connectivity index (χ2n) is 10.2. The molecule has 41 heavy (non-hydrogen) atoms. The van der Waals surface area contributed by atoms with Crippen molar-refractivity contribution in [3.05, 3.63) is 75.2 Å². The number of alkyl halides is 2. The fourth-order valence-electron chi connectivity index (χ4n) is 4.48. The van der Waals surface area contributed by atoms with Crippen molar-refractivity contribution in [1.29, 1.82) is 0 Å². The monoisotopic (exact) mass is 590 g/mol. The molecule has 2 aromatic carbocycles. The van der Waals surface area contributed by atoms with Crippen molar-refractivity contribution in [3.8, 4) is 0 Å². The Morgan fingerprint density at radius 1 is 1.10 bits per heavy atom. The Morgan fingerprint density at radius 3 is 2.29 bits per heavy atom. The molecule has 1 aliphatic rings. The van der Waals surface area contributed by atoms with Crippen molar-refractivity contribution in [2.45, 2.75) is 51.5 Å². The van der Waals surface area contributed by atoms with Crippen LogP contribution in [0.15, 0.2) is 53.3 Å². The zero-order chi connectivity index (χ0) is 30.0. The van der Waals surface area contributed by atoms with Gasteiger partial charge < -0.3 is 15.0 Å². The normalized spacial score (nSPS) is 14.4. The maximum absolute atomic E-state index is 13.3. The van der Waals surface area contributed by atoms with Gasteiger partial charge in [0.05, 0.1) is 23.7 Å². The molecular weight excluding hydrogens is 554 g/mol. The number of rotatable bonds is 10. The standard InChI is InChI=1S/C26H31ClN4O3.C4H6F2O/c1-34-17-13-28-25(32)12-16-30-14-10-21(11-15-30)31-26(33)23-5-3-2-4-22(23)24(29-31)18-19-6-8-20(27)9-7-19;1-3(7)4(2,5)6/h2-9,21H,10-18H2,1H3,(H,28,32);1-2H3. The smallest absolute Gasteiger partial charge is 0.302 e. The topological polar surface area (TPSA) is 93.5 Å². The van der Waals surface area contributed by atoms with E-state index in [0.717, 1.165) is 49.5 Å². The molecule has 4 rings (SSSR count). The lowest BCUT2D eigenvalue weighted by Crippen LogP contribution is -2.40. The number of nitrogens with zero attached hydrogens (tertiary/aromatic N) is 3. The molecule has 222 valence electrons. The van der Waals surface area contributed by atoms with Gasteiger partial charge in [0.15, 0.2) is 5.78 Å². The molecule has 1 N–H and O–H groups in total. The second kappa shape index (κ2) is 15.1. The zero-order valence-electron chi connectivity index (χ0n) is 23.7. The Kier molecular flexibility index (Phi) is 11.9. The van der Waals surface area contributed by atoms with E-state index in [2.05, 4.69) is 10.2 Å². The van der Waals surface area contributed by atoms with Crippen molar-refractivity contribution in [2.24, 2.45) is 0 Å². The Balaban J connectivity index is 0.000000587. The van der Waals surface area contributed by atoms with E-state index in [1.54, 1.807) is 11.8 Å². The van der Waals surface area contributed by atoms with Gasteiger partial charge in [-0.2, -0.15) is 13.9 Å². The first-order valence-corrected chi connectivity index (χ1v) is 14.0. The average molecular weight is 591 g/mol. The van der Waals surface area contributed by atoms with Crippen LogP contribution < -0.4 is 10.9 Å². The number of hydrogen-bond donors (Lipinski definition) is 1. The number of piperidine rings is 1. The summed E-state index contributed by atoms with van der Waals surface area (Å²) in [5, 5.41) is 10.0. The molecule has 0 radical (unpaired) electrons. The molecule has 1 fully saturated rings. The number of ketones is 1. The number of fused-ring (bicyclic) bond motifs is 1. The Morgan fingerprint density at radius 2 is 1.71 bits per heavy atom. The summed E-state index contributed by atoms with van der Waals surface area (Å²) in [6.45, 7) is 4.88. The summed E-state index contributed by atoms with van der Waals surface area (Å²) < 4.78 is 29.6. The minimum Gasteiger partial charge on any atom is -0.383 e. The SMILES string of the molecule is CC(=O)C(C)(F)F.COCCNC(=O)CCN1CCC(n2nc(Cc3ccc(Cl)cc3)c3ccccc3c2=O)CC1. The molecule has 0 spiro atoms. The van der Waals surface area contributed by atoms with Crippen molar-refractivity contribution < 1.29 is 23.1 Å². The first-order valence-electron chi connectivity index (χ1n) is 13.6. The molecule has 0 unspecified atom stereocenters. The number of halogens is 3. The maximum Gasteiger partial charge on any atom is 0.302 e. The van der Waals surface area contributed by atoms with Crippen LogP contribution in [0.4, 0.5) is 8.78 Å². The van der Waals surface area contributed by atoms with Crippen LogP contribution >= 0.6 is 11.6 Å². The van der Waals surface area contributed by atoms with Gasteiger partial charge in [-0.15, -0.1) is 0 Å². The van der Waals surface area contributed by atoms with Crippen LogP contribution in [-0.2, 0) is 20.7 Å². The highest BCUT2D eigenvalue weighted by molar-refractivity contribution is 6.30. The number of carbonyl (C=O) groups excluding carboxylic acids is 2. The molecule has 8 nitrogen and oxygen atoms in total. The second-order valence-corrected chi connectivity index (χ2v) is 10.6. The van der Waals surface area contributed by atoms with Gasteiger partial charge in [0.1, 0.15) is 0 Å². The Labute approximate surface area is 243 Å². The zero-order valence-corrected chi connectivity index (χ0v) is 24.4. The van der Waals surface area contributed by atoms with Crippen LogP contribution in [0.3, 0.4) is 0 Å². The van der Waals surface area contributed by atoms with Crippen LogP contribution in [0.25, 0.3) is 10.8 Å². The highest BCUT2D eigenvalue weighted by Gasteiger charge is 2.27. The molecular formula is C30H37ClF2N4O4. The van der Waals surface area contributed by atoms with E-state index < -0.39 is 11.7 Å². The molecule has 3 aromatic rings. The Bertz CT molecular complexity index is 1370. The predicted octanol–water partition coefficient (Wildman–Crippen LogP) is 4.66. The first-order chi connectivity index (χ1) is 19.5. The summed E-state index contributed by atoms with van der Waals surface area (Å²) in [7, 11) is 1.62. The third kappa shape index (κ3) is 9.69. The van der Waals surface area contributed by atoms with E-state index in [4.69, 9.17) is 21.4 Å². The van der Waals surface area contributed by atoms with Crippen molar-refractivity contribution >= 4 is 34.1 Å². The minimum absolute atomic E-state index is 0.0357. The number of amides is 1. The van der Waals surface area contributed by atoms with Gasteiger partial charge in [-0.3, -0.25) is 14.4 Å². The van der Waals surface area contributed by atoms with Gasteiger partial charge in [0.2, 0.25) is 5.91 Å². The van der Waals surface area contributed by atoms with Crippen LogP contribution in [0, 0.1) is 0 Å². The molecule has 0 atom stereocenters. The fraction of sp³-hybridized carbons (Fsp3) is 0.467. The van der Waals surface area contributed by atoms with Gasteiger partial charge in [-0.25, -0.2) is 4.68 Å². The summed E-state index contributed by atoms with van der Waals surface area (Å²) in [5.41, 5.74) is 1.96. The van der Waals surface area contributed by atoms with Gasteiger partial charge in [-0.1, -0.05) is 41.9 Å². The summed E-state index contributed by atoms with van der Waals surface area (Å²) in [5.74, 6) is -4.19. The highest BCUT2D eigenvalue weighted by atomic mass is 35.5. The summed E-state index contributed by atoms with van der Waals surface area (Å²) in [6, 6.07) is 15.5. The summed E-state index contributed by atoms with van der Waals surface area (Å²) in [4.78, 5) is 37.3. The van der Waals surface area contributed by atoms with Gasteiger partial charge in [0, 0.05) is 70.4 Å². The van der Waals surface area contributed by atoms with Gasteiger partial charge in [-0.05, 0) is 36.6 Å². The lowest BCUT2D eigenvalue weighted by Gasteiger charge is -2.32. The van der Waals surface area contributed by atoms with E-state index in [1.807, 2.05) is 48.5 Å². The maximum atomic E-state index is 13.3. The van der Waals surface area contributed by atoms with Crippen LogP contribution in [0.5, 0.6) is 0 Å². The summed E-state index contributed by atoms with van der Waals surface area (Å²) >= 11 is 6.04. The molecule has 1 saturated heterocycles. The molecule has 2 heterocycles. The predicted molar refractivity (Wildman–Crippen MR) is 156 cm³/mol. The molecule has 1 aliphatic heterocycles. The number of benzene rings is 2. The van der Waals surface area contributed by atoms with Crippen LogP contribution in [0.2, 0.25) is 5.02 Å². The third-order valence-corrected chi connectivity index (χ3v) is 7.25. The lowest BCUT2D eigenvalue weighted by atomic mass is 10.0. The fourth-order valence-corrected chi connectivity index (χ4v) is 4.60. The Hall–Kier alpha value is -3.21. The lowest BCUT2D eigenvalue weighted by molar-refractivity contribution is -0.138. The molecule has 0 bridgehead atoms. The quantitative estimate of drug-likeness (QED) is 0.345. The van der Waals surface area contributed by atoms with Crippen LogP contribution in [0.1, 0.15) is 50.4 Å². The number of aromatic nitrogens is 2. The van der Waals surface area contributed by atoms with Crippen molar-refractivity contribution in [3.63, 3.8) is 0 Å². The molecule has 0 saturated carbocycles. The average Bonchev–Trinajstić information content (AvgIpc) is 2.95. The summed E-state index contributed by atoms with van der Waals surface area (Å²) in [6.07, 6.45) is 2.76. The van der Waals surface area contributed by atoms with Crippen LogP contribution in [-0.4, -0.2) is 72.2 Å². The minimum atomic E-state index is -3.14. The van der Waals surface area contributed by atoms with Gasteiger partial charge >= 0.3 is 5.92 Å². The van der Waals surface area contributed by atoms with E-state index >= 15 is 0 Å². The number of ether oxygens (including phenoxy) is 1.